The van der Waals surface area contributed by atoms with Gasteiger partial charge in [-0.1, -0.05) is 31.2 Å². The Bertz CT molecular complexity index is 660. The van der Waals surface area contributed by atoms with E-state index in [1.54, 1.807) is 6.20 Å². The van der Waals surface area contributed by atoms with Crippen molar-refractivity contribution >= 4 is 0 Å². The van der Waals surface area contributed by atoms with Gasteiger partial charge in [0.05, 0.1) is 0 Å². The highest BCUT2D eigenvalue weighted by Gasteiger charge is 2.23. The molecule has 1 N–H and O–H groups in total. The van der Waals surface area contributed by atoms with Crippen molar-refractivity contribution in [2.45, 2.75) is 26.0 Å². The third-order valence-corrected chi connectivity index (χ3v) is 4.36. The molecular weight excluding hydrogens is 314 g/mol. The van der Waals surface area contributed by atoms with Crippen molar-refractivity contribution in [3.63, 3.8) is 0 Å². The van der Waals surface area contributed by atoms with E-state index in [4.69, 9.17) is 9.47 Å². The van der Waals surface area contributed by atoms with Gasteiger partial charge in [-0.25, -0.2) is 4.98 Å². The van der Waals surface area contributed by atoms with Gasteiger partial charge in [0.2, 0.25) is 0 Å². The average Bonchev–Trinajstić information content (AvgIpc) is 2.66. The normalized spacial score (nSPS) is 16.2. The number of likely N-dealkylation sites (N-methyl/N-ethyl adjacent to an activating group) is 1. The zero-order chi connectivity index (χ0) is 17.5. The predicted octanol–water partition coefficient (Wildman–Crippen LogP) is 3.03. The fourth-order valence-electron chi connectivity index (χ4n) is 3.02. The summed E-state index contributed by atoms with van der Waals surface area (Å²) in [5.74, 6) is 1.29. The first kappa shape index (κ1) is 17.7. The van der Waals surface area contributed by atoms with Crippen molar-refractivity contribution in [2.24, 2.45) is 0 Å². The number of rotatable bonds is 8. The molecule has 0 amide bonds. The lowest BCUT2D eigenvalue weighted by Gasteiger charge is -2.26. The summed E-state index contributed by atoms with van der Waals surface area (Å²) in [6, 6.07) is 12.4. The van der Waals surface area contributed by atoms with Gasteiger partial charge in [-0.15, -0.1) is 0 Å². The van der Waals surface area contributed by atoms with Crippen molar-refractivity contribution < 1.29 is 9.47 Å². The molecule has 0 saturated carbocycles. The van der Waals surface area contributed by atoms with Gasteiger partial charge >= 0.3 is 0 Å². The van der Waals surface area contributed by atoms with Crippen LogP contribution >= 0.6 is 0 Å². The number of ether oxygens (including phenoxy) is 2. The monoisotopic (exact) mass is 341 g/mol. The molecule has 0 radical (unpaired) electrons. The lowest BCUT2D eigenvalue weighted by molar-refractivity contribution is 0.0851. The van der Waals surface area contributed by atoms with Gasteiger partial charge in [-0.05, 0) is 43.3 Å². The molecule has 0 fully saturated rings. The molecule has 1 aliphatic rings. The minimum atomic E-state index is -0.104. The fraction of sp³-hybridized carbons (Fsp3) is 0.450. The van der Waals surface area contributed by atoms with E-state index >= 15 is 0 Å². The van der Waals surface area contributed by atoms with Gasteiger partial charge in [-0.3, -0.25) is 4.90 Å². The first-order valence-electron chi connectivity index (χ1n) is 9.00. The first-order chi connectivity index (χ1) is 12.3. The molecule has 5 nitrogen and oxygen atoms in total. The molecule has 0 saturated heterocycles. The number of nitrogens with zero attached hydrogens (tertiary/aromatic N) is 2. The highest BCUT2D eigenvalue weighted by molar-refractivity contribution is 5.35. The van der Waals surface area contributed by atoms with Gasteiger partial charge in [0, 0.05) is 25.8 Å². The predicted molar refractivity (Wildman–Crippen MR) is 99.0 cm³/mol. The zero-order valence-electron chi connectivity index (χ0n) is 15.1. The molecule has 2 aromatic rings. The number of hydrogen-bond acceptors (Lipinski definition) is 5. The Morgan fingerprint density at radius 1 is 1.20 bits per heavy atom. The highest BCUT2D eigenvalue weighted by Crippen LogP contribution is 2.33. The topological polar surface area (TPSA) is 46.6 Å². The van der Waals surface area contributed by atoms with Crippen LogP contribution in [0.15, 0.2) is 42.6 Å². The second kappa shape index (κ2) is 8.83. The molecule has 1 aromatic heterocycles. The van der Waals surface area contributed by atoms with Crippen LogP contribution in [0.2, 0.25) is 0 Å². The van der Waals surface area contributed by atoms with Gasteiger partial charge < -0.3 is 14.8 Å². The third-order valence-electron chi connectivity index (χ3n) is 4.36. The van der Waals surface area contributed by atoms with E-state index in [9.17, 15) is 0 Å². The zero-order valence-corrected chi connectivity index (χ0v) is 15.1. The summed E-state index contributed by atoms with van der Waals surface area (Å²) in [6.45, 7) is 6.91. The molecular formula is C20H27N3O2. The van der Waals surface area contributed by atoms with Crippen molar-refractivity contribution in [3.05, 3.63) is 53.7 Å². The second-order valence-corrected chi connectivity index (χ2v) is 6.35. The molecule has 0 bridgehead atoms. The van der Waals surface area contributed by atoms with Gasteiger partial charge in [0.1, 0.15) is 6.61 Å². The Kier molecular flexibility index (Phi) is 6.25. The van der Waals surface area contributed by atoms with Gasteiger partial charge in [-0.2, -0.15) is 0 Å². The van der Waals surface area contributed by atoms with E-state index in [1.807, 2.05) is 19.2 Å². The van der Waals surface area contributed by atoms with E-state index in [2.05, 4.69) is 46.4 Å². The lowest BCUT2D eigenvalue weighted by Crippen LogP contribution is -2.31. The Balaban J connectivity index is 1.62. The Morgan fingerprint density at radius 3 is 2.80 bits per heavy atom. The molecule has 1 atom stereocenters. The lowest BCUT2D eigenvalue weighted by atomic mass is 10.1. The van der Waals surface area contributed by atoms with Gasteiger partial charge in [0.25, 0.3) is 5.88 Å². The summed E-state index contributed by atoms with van der Waals surface area (Å²) < 4.78 is 11.7. The SMILES string of the molecule is CCCN(CCNC)Cc1ccc(C2COc3cccnc3O2)cc1. The van der Waals surface area contributed by atoms with E-state index in [-0.39, 0.29) is 6.10 Å². The largest absolute Gasteiger partial charge is 0.484 e. The van der Waals surface area contributed by atoms with Crippen LogP contribution in [0.4, 0.5) is 0 Å². The van der Waals surface area contributed by atoms with Crippen LogP contribution in [0.1, 0.15) is 30.6 Å². The Morgan fingerprint density at radius 2 is 2.04 bits per heavy atom. The molecule has 3 rings (SSSR count). The maximum atomic E-state index is 5.98. The number of hydrogen-bond donors (Lipinski definition) is 1. The Labute approximate surface area is 150 Å². The molecule has 0 aliphatic carbocycles. The van der Waals surface area contributed by atoms with Crippen LogP contribution < -0.4 is 14.8 Å². The van der Waals surface area contributed by atoms with E-state index in [0.717, 1.165) is 37.5 Å². The van der Waals surface area contributed by atoms with Crippen LogP contribution in [0.25, 0.3) is 0 Å². The maximum Gasteiger partial charge on any atom is 0.257 e. The number of nitrogens with one attached hydrogen (secondary N) is 1. The summed E-state index contributed by atoms with van der Waals surface area (Å²) in [7, 11) is 2.00. The molecule has 1 aliphatic heterocycles. The highest BCUT2D eigenvalue weighted by atomic mass is 16.6. The van der Waals surface area contributed by atoms with E-state index < -0.39 is 0 Å². The first-order valence-corrected chi connectivity index (χ1v) is 9.00. The minimum absolute atomic E-state index is 0.104. The quantitative estimate of drug-likeness (QED) is 0.800. The van der Waals surface area contributed by atoms with Crippen LogP contribution in [-0.4, -0.2) is 43.2 Å². The second-order valence-electron chi connectivity index (χ2n) is 6.35. The number of benzene rings is 1. The average molecular weight is 341 g/mol. The molecule has 25 heavy (non-hydrogen) atoms. The number of pyridine rings is 1. The van der Waals surface area contributed by atoms with Gasteiger partial charge in [0.15, 0.2) is 11.9 Å². The fourth-order valence-corrected chi connectivity index (χ4v) is 3.02. The molecule has 0 spiro atoms. The van der Waals surface area contributed by atoms with Crippen molar-refractivity contribution in [1.82, 2.24) is 15.2 Å². The molecule has 134 valence electrons. The maximum absolute atomic E-state index is 5.98. The molecule has 2 heterocycles. The van der Waals surface area contributed by atoms with Crippen molar-refractivity contribution in [3.8, 4) is 11.6 Å². The summed E-state index contributed by atoms with van der Waals surface area (Å²) in [5.41, 5.74) is 2.45. The van der Waals surface area contributed by atoms with Crippen molar-refractivity contribution in [1.29, 1.82) is 0 Å². The van der Waals surface area contributed by atoms with Crippen LogP contribution in [0, 0.1) is 0 Å². The molecule has 1 unspecified atom stereocenters. The van der Waals surface area contributed by atoms with E-state index in [1.165, 1.54) is 12.0 Å². The number of aromatic nitrogens is 1. The Hall–Kier alpha value is -2.11. The summed E-state index contributed by atoms with van der Waals surface area (Å²) in [5, 5.41) is 3.22. The number of fused-ring (bicyclic) bond motifs is 1. The third kappa shape index (κ3) is 4.71. The smallest absolute Gasteiger partial charge is 0.257 e. The summed E-state index contributed by atoms with van der Waals surface area (Å²) in [6.07, 6.45) is 2.79. The molecule has 1 aromatic carbocycles. The van der Waals surface area contributed by atoms with Crippen LogP contribution in [-0.2, 0) is 6.54 Å². The minimum Gasteiger partial charge on any atom is -0.484 e. The molecule has 5 heteroatoms. The van der Waals surface area contributed by atoms with E-state index in [0.29, 0.717) is 12.5 Å². The standard InChI is InChI=1S/C20H27N3O2/c1-3-12-23(13-11-21-2)14-16-6-8-17(9-7-16)19-15-24-18-5-4-10-22-20(18)25-19/h4-10,19,21H,3,11-15H2,1-2H3. The van der Waals surface area contributed by atoms with Crippen molar-refractivity contribution in [2.75, 3.05) is 33.3 Å². The summed E-state index contributed by atoms with van der Waals surface area (Å²) >= 11 is 0. The van der Waals surface area contributed by atoms with Crippen LogP contribution in [0.3, 0.4) is 0 Å². The van der Waals surface area contributed by atoms with Crippen LogP contribution in [0.5, 0.6) is 11.6 Å². The summed E-state index contributed by atoms with van der Waals surface area (Å²) in [4.78, 5) is 6.72.